The van der Waals surface area contributed by atoms with Gasteiger partial charge in [0.2, 0.25) is 0 Å². The summed E-state index contributed by atoms with van der Waals surface area (Å²) in [5, 5.41) is 20.1. The molecule has 0 aromatic carbocycles. The van der Waals surface area contributed by atoms with Crippen LogP contribution in [0.4, 0.5) is 0 Å². The van der Waals surface area contributed by atoms with Gasteiger partial charge in [0.1, 0.15) is 0 Å². The van der Waals surface area contributed by atoms with Crippen LogP contribution in [0.2, 0.25) is 8.87 Å². The number of aliphatic hydroxyl groups excluding tert-OH is 2. The fourth-order valence-electron chi connectivity index (χ4n) is 3.05. The first-order chi connectivity index (χ1) is 16.6. The number of hydrogen-bond donors (Lipinski definition) is 2. The Labute approximate surface area is 214 Å². The Morgan fingerprint density at radius 3 is 1.29 bits per heavy atom. The van der Waals surface area contributed by atoms with Crippen LogP contribution in [0.15, 0.2) is 0 Å². The summed E-state index contributed by atoms with van der Waals surface area (Å²) < 4.78 is 22.2. The topological polar surface area (TPSA) is 146 Å². The molecule has 0 fully saturated rings. The van der Waals surface area contributed by atoms with Crippen molar-refractivity contribution in [3.05, 3.63) is 0 Å². The van der Waals surface area contributed by atoms with Gasteiger partial charge in [0, 0.05) is 0 Å². The molecule has 2 unspecified atom stereocenters. The Balaban J connectivity index is 5.28. The van der Waals surface area contributed by atoms with Crippen molar-refractivity contribution in [3.63, 3.8) is 0 Å². The van der Waals surface area contributed by atoms with Crippen LogP contribution in [0, 0.1) is 0 Å². The third kappa shape index (κ3) is 15.3. The molecule has 204 valence electrons. The van der Waals surface area contributed by atoms with E-state index in [9.17, 15) is 29.4 Å². The van der Waals surface area contributed by atoms with Crippen molar-refractivity contribution in [3.8, 4) is 0 Å². The van der Waals surface area contributed by atoms with Crippen LogP contribution < -0.4 is 0 Å². The van der Waals surface area contributed by atoms with Crippen LogP contribution in [0.3, 0.4) is 0 Å². The number of aliphatic hydroxyl groups is 2. The molecule has 0 rings (SSSR count). The van der Waals surface area contributed by atoms with E-state index >= 15 is 0 Å². The first-order valence-corrected chi connectivity index (χ1v) is 19.1. The van der Waals surface area contributed by atoms with E-state index in [4.69, 9.17) is 15.6 Å². The zero-order valence-corrected chi connectivity index (χ0v) is 24.6. The number of ether oxygens (including phenoxy) is 2. The number of esters is 2. The molecule has 0 aromatic rings. The number of unbranched alkanes of at least 4 members (excludes halogenated alkanes) is 4. The summed E-state index contributed by atoms with van der Waals surface area (Å²) in [4.78, 5) is 49.1. The van der Waals surface area contributed by atoms with Crippen LogP contribution >= 0.6 is 0 Å². The SMILES string of the molecule is CCCCOC(=O)C(O)CC(=O)[O][Sn]([CH2]CCC)([CH2]CCC)[O]C(=O)CC(O)C(=O)OCCCC. The molecule has 11 heteroatoms. The van der Waals surface area contributed by atoms with Gasteiger partial charge in [0.25, 0.3) is 0 Å². The van der Waals surface area contributed by atoms with Crippen molar-refractivity contribution in [2.24, 2.45) is 0 Å². The summed E-state index contributed by atoms with van der Waals surface area (Å²) in [6, 6.07) is 0. The summed E-state index contributed by atoms with van der Waals surface area (Å²) in [5.41, 5.74) is 0. The molecular weight excluding hydrogens is 567 g/mol. The molecule has 0 spiro atoms. The number of carbonyl (C=O) groups excluding carboxylic acids is 4. The first kappa shape index (κ1) is 33.6. The van der Waals surface area contributed by atoms with Crippen LogP contribution in [-0.2, 0) is 34.8 Å². The van der Waals surface area contributed by atoms with Gasteiger partial charge in [0.15, 0.2) is 0 Å². The average Bonchev–Trinajstić information content (AvgIpc) is 2.81. The molecule has 2 atom stereocenters. The van der Waals surface area contributed by atoms with Crippen molar-refractivity contribution in [1.29, 1.82) is 0 Å². The summed E-state index contributed by atoms with van der Waals surface area (Å²) in [7, 11) is 0. The van der Waals surface area contributed by atoms with Gasteiger partial charge in [0.05, 0.1) is 0 Å². The minimum absolute atomic E-state index is 0.151. The van der Waals surface area contributed by atoms with Crippen molar-refractivity contribution in [2.75, 3.05) is 13.2 Å². The van der Waals surface area contributed by atoms with Gasteiger partial charge < -0.3 is 0 Å². The molecule has 0 aromatic heterocycles. The zero-order chi connectivity index (χ0) is 26.7. The standard InChI is InChI=1S/2C8H14O5.2C4H9.Sn/c2*1-2-3-4-13-8(12)6(9)5-7(10)11;2*1-3-4-2;/h2*6,9H,2-5H2,1H3,(H,10,11);2*1,3-4H2,2H3;/q;;;;+2/p-2. The van der Waals surface area contributed by atoms with Crippen molar-refractivity contribution >= 4 is 43.1 Å². The second-order valence-electron chi connectivity index (χ2n) is 8.55. The predicted molar refractivity (Wildman–Crippen MR) is 130 cm³/mol. The van der Waals surface area contributed by atoms with Gasteiger partial charge in [-0.1, -0.05) is 0 Å². The summed E-state index contributed by atoms with van der Waals surface area (Å²) >= 11 is -4.38. The molecule has 0 saturated heterocycles. The van der Waals surface area contributed by atoms with E-state index in [-0.39, 0.29) is 13.2 Å². The summed E-state index contributed by atoms with van der Waals surface area (Å²) in [6.45, 7) is 8.06. The fourth-order valence-corrected chi connectivity index (χ4v) is 13.0. The normalized spacial score (nSPS) is 13.0. The quantitative estimate of drug-likeness (QED) is 0.120. The van der Waals surface area contributed by atoms with Crippen LogP contribution in [0.5, 0.6) is 0 Å². The molecule has 0 radical (unpaired) electrons. The van der Waals surface area contributed by atoms with Crippen LogP contribution in [-0.4, -0.2) is 78.7 Å². The van der Waals surface area contributed by atoms with Gasteiger partial charge in [-0.25, -0.2) is 0 Å². The third-order valence-electron chi connectivity index (χ3n) is 5.17. The number of carbonyl (C=O) groups is 4. The predicted octanol–water partition coefficient (Wildman–Crippen LogP) is 3.30. The van der Waals surface area contributed by atoms with Crippen molar-refractivity contribution < 1.29 is 45.0 Å². The van der Waals surface area contributed by atoms with E-state index in [0.29, 0.717) is 34.6 Å². The van der Waals surface area contributed by atoms with Gasteiger partial charge in [-0.3, -0.25) is 0 Å². The third-order valence-corrected chi connectivity index (χ3v) is 15.0. The second kappa shape index (κ2) is 19.7. The molecule has 10 nitrogen and oxygen atoms in total. The molecule has 0 saturated carbocycles. The van der Waals surface area contributed by atoms with Gasteiger partial charge >= 0.3 is 214 Å². The summed E-state index contributed by atoms with van der Waals surface area (Å²) in [6.07, 6.45) is 1.23. The number of hydrogen-bond acceptors (Lipinski definition) is 10. The molecule has 0 aliphatic rings. The Morgan fingerprint density at radius 2 is 0.971 bits per heavy atom. The minimum atomic E-state index is -4.38. The Morgan fingerprint density at radius 1 is 0.629 bits per heavy atom. The van der Waals surface area contributed by atoms with Crippen LogP contribution in [0.1, 0.15) is 91.9 Å². The average molecular weight is 611 g/mol. The van der Waals surface area contributed by atoms with E-state index in [2.05, 4.69) is 0 Å². The molecule has 35 heavy (non-hydrogen) atoms. The Hall–Kier alpha value is -1.40. The van der Waals surface area contributed by atoms with Crippen LogP contribution in [0.25, 0.3) is 0 Å². The van der Waals surface area contributed by atoms with E-state index in [0.717, 1.165) is 25.7 Å². The van der Waals surface area contributed by atoms with Gasteiger partial charge in [-0.2, -0.15) is 0 Å². The van der Waals surface area contributed by atoms with Crippen molar-refractivity contribution in [1.82, 2.24) is 0 Å². The molecule has 0 heterocycles. The summed E-state index contributed by atoms with van der Waals surface area (Å²) in [5.74, 6) is -3.47. The first-order valence-electron chi connectivity index (χ1n) is 12.8. The van der Waals surface area contributed by atoms with Gasteiger partial charge in [-0.05, 0) is 0 Å². The number of rotatable bonds is 20. The van der Waals surface area contributed by atoms with E-state index in [1.165, 1.54) is 0 Å². The molecule has 0 aliphatic heterocycles. The maximum atomic E-state index is 12.6. The molecular formula is C24H44O10Sn. The zero-order valence-electron chi connectivity index (χ0n) is 21.7. The van der Waals surface area contributed by atoms with Crippen molar-refractivity contribution in [2.45, 2.75) is 113 Å². The molecule has 2 N–H and O–H groups in total. The fraction of sp³-hybridized carbons (Fsp3) is 0.833. The second-order valence-corrected chi connectivity index (χ2v) is 17.8. The monoisotopic (exact) mass is 612 g/mol. The maximum absolute atomic E-state index is 12.6. The molecule has 0 bridgehead atoms. The van der Waals surface area contributed by atoms with E-state index < -0.39 is 68.1 Å². The Kier molecular flexibility index (Phi) is 19.0. The molecule has 0 amide bonds. The molecule has 0 aliphatic carbocycles. The van der Waals surface area contributed by atoms with E-state index in [1.54, 1.807) is 0 Å². The Bertz CT molecular complexity index is 586. The van der Waals surface area contributed by atoms with E-state index in [1.807, 2.05) is 27.7 Å². The van der Waals surface area contributed by atoms with Gasteiger partial charge in [-0.15, -0.1) is 0 Å².